The number of para-hydroxylation sites is 1. The van der Waals surface area contributed by atoms with Crippen LogP contribution in [0.5, 0.6) is 11.5 Å². The van der Waals surface area contributed by atoms with Crippen LogP contribution in [0, 0.1) is 11.8 Å². The molecular formula is C25H18FN3O6S. The monoisotopic (exact) mass is 507 g/mol. The molecule has 36 heavy (non-hydrogen) atoms. The molecule has 0 fully saturated rings. The van der Waals surface area contributed by atoms with Gasteiger partial charge in [-0.3, -0.25) is 9.71 Å². The number of methoxy groups -OCH3 is 2. The predicted octanol–water partition coefficient (Wildman–Crippen LogP) is 3.89. The number of nitrogens with zero attached hydrogens (tertiary/aromatic N) is 2. The number of carbonyl (C=O) groups excluding carboxylic acids is 1. The van der Waals surface area contributed by atoms with Crippen LogP contribution in [0.25, 0.3) is 10.9 Å². The van der Waals surface area contributed by atoms with Crippen LogP contribution in [0.4, 0.5) is 10.2 Å². The Hall–Kier alpha value is -4.69. The number of fused-ring (bicyclic) bond motifs is 1. The van der Waals surface area contributed by atoms with Gasteiger partial charge in [-0.15, -0.1) is 0 Å². The van der Waals surface area contributed by atoms with Gasteiger partial charge in [0, 0.05) is 33.9 Å². The maximum absolute atomic E-state index is 13.3. The van der Waals surface area contributed by atoms with Gasteiger partial charge in [-0.1, -0.05) is 24.0 Å². The Labute approximate surface area is 205 Å². The number of nitrogens with one attached hydrogen (secondary N) is 1. The number of hydrogen-bond donors (Lipinski definition) is 1. The molecule has 0 saturated carbocycles. The van der Waals surface area contributed by atoms with Crippen LogP contribution in [0.1, 0.15) is 21.6 Å². The van der Waals surface area contributed by atoms with Gasteiger partial charge in [0.2, 0.25) is 0 Å². The first-order chi connectivity index (χ1) is 17.4. The van der Waals surface area contributed by atoms with Crippen molar-refractivity contribution < 1.29 is 32.2 Å². The van der Waals surface area contributed by atoms with Crippen molar-refractivity contribution in [2.45, 2.75) is 4.90 Å². The highest BCUT2D eigenvalue weighted by molar-refractivity contribution is 7.93. The molecule has 0 aliphatic carbocycles. The van der Waals surface area contributed by atoms with Crippen LogP contribution in [0.15, 0.2) is 71.9 Å². The zero-order valence-corrected chi connectivity index (χ0v) is 19.8. The van der Waals surface area contributed by atoms with Gasteiger partial charge in [0.25, 0.3) is 10.0 Å². The molecule has 9 nitrogen and oxygen atoms in total. The maximum atomic E-state index is 13.3. The summed E-state index contributed by atoms with van der Waals surface area (Å²) < 4.78 is 51.9. The number of halogens is 1. The van der Waals surface area contributed by atoms with Crippen molar-refractivity contribution in [3.05, 3.63) is 83.8 Å². The van der Waals surface area contributed by atoms with Crippen LogP contribution >= 0.6 is 0 Å². The fourth-order valence-electron chi connectivity index (χ4n) is 3.38. The van der Waals surface area contributed by atoms with E-state index in [-0.39, 0.29) is 33.1 Å². The molecule has 0 aliphatic heterocycles. The number of ether oxygens (including phenoxy) is 2. The van der Waals surface area contributed by atoms with E-state index >= 15 is 0 Å². The minimum Gasteiger partial charge on any atom is -0.496 e. The van der Waals surface area contributed by atoms with E-state index in [0.717, 1.165) is 0 Å². The summed E-state index contributed by atoms with van der Waals surface area (Å²) in [5.74, 6) is 5.09. The molecule has 0 saturated heterocycles. The molecule has 4 aromatic rings. The van der Waals surface area contributed by atoms with Crippen molar-refractivity contribution in [3.8, 4) is 23.3 Å². The summed E-state index contributed by atoms with van der Waals surface area (Å²) in [5, 5.41) is 0.552. The van der Waals surface area contributed by atoms with E-state index in [1.165, 1.54) is 38.7 Å². The Kier molecular flexibility index (Phi) is 6.98. The molecule has 0 bridgehead atoms. The van der Waals surface area contributed by atoms with Gasteiger partial charge in [-0.05, 0) is 36.4 Å². The number of pyridine rings is 2. The standard InChI is InChI=1S/C25H18FN3O6S/c1-33-21-11-12-23(24-18(21)7-5-13-27-24)36(31,32)29-19-8-4-3-6-16(19)9-10-17-15-28-20(25(30)35-26)14-22(17)34-2/h3-8,11-15,29H,1-2H3. The Bertz CT molecular complexity index is 1630. The molecule has 182 valence electrons. The van der Waals surface area contributed by atoms with E-state index in [0.29, 0.717) is 16.7 Å². The van der Waals surface area contributed by atoms with Crippen LogP contribution < -0.4 is 14.2 Å². The lowest BCUT2D eigenvalue weighted by Crippen LogP contribution is -2.14. The average Bonchev–Trinajstić information content (AvgIpc) is 2.91. The topological polar surface area (TPSA) is 117 Å². The first-order valence-electron chi connectivity index (χ1n) is 10.3. The molecule has 0 radical (unpaired) electrons. The number of rotatable bonds is 6. The SMILES string of the molecule is COc1cc(C(=O)OF)ncc1C#Cc1ccccc1NS(=O)(=O)c1ccc(OC)c2cccnc12. The number of sulfonamides is 1. The highest BCUT2D eigenvalue weighted by atomic mass is 32.2. The molecule has 1 N–H and O–H groups in total. The van der Waals surface area contributed by atoms with Crippen LogP contribution in [0.2, 0.25) is 0 Å². The summed E-state index contributed by atoms with van der Waals surface area (Å²) in [7, 11) is -1.22. The van der Waals surface area contributed by atoms with Crippen LogP contribution in [0.3, 0.4) is 0 Å². The summed E-state index contributed by atoms with van der Waals surface area (Å²) >= 11 is 0. The van der Waals surface area contributed by atoms with E-state index < -0.39 is 16.0 Å². The first kappa shape index (κ1) is 24.4. The summed E-state index contributed by atoms with van der Waals surface area (Å²) in [4.78, 5) is 22.6. The number of carbonyl (C=O) groups is 1. The van der Waals surface area contributed by atoms with Crippen molar-refractivity contribution in [2.24, 2.45) is 0 Å². The smallest absolute Gasteiger partial charge is 0.397 e. The Morgan fingerprint density at radius 1 is 0.944 bits per heavy atom. The molecule has 2 aromatic heterocycles. The third-order valence-corrected chi connectivity index (χ3v) is 6.47. The van der Waals surface area contributed by atoms with Gasteiger partial charge < -0.3 is 9.47 Å². The van der Waals surface area contributed by atoms with E-state index in [9.17, 15) is 17.7 Å². The second kappa shape index (κ2) is 10.3. The number of aromatic nitrogens is 2. The van der Waals surface area contributed by atoms with Crippen molar-refractivity contribution in [1.29, 1.82) is 0 Å². The molecule has 0 aliphatic rings. The Balaban J connectivity index is 1.71. The molecule has 2 aromatic carbocycles. The van der Waals surface area contributed by atoms with Crippen molar-refractivity contribution in [3.63, 3.8) is 0 Å². The summed E-state index contributed by atoms with van der Waals surface area (Å²) in [6, 6.07) is 14.1. The molecule has 11 heteroatoms. The first-order valence-corrected chi connectivity index (χ1v) is 11.8. The molecule has 4 rings (SSSR count). The zero-order chi connectivity index (χ0) is 25.7. The lowest BCUT2D eigenvalue weighted by molar-refractivity contribution is -0.0793. The van der Waals surface area contributed by atoms with E-state index in [4.69, 9.17) is 9.47 Å². The minimum absolute atomic E-state index is 0.0251. The molecule has 0 spiro atoms. The second-order valence-corrected chi connectivity index (χ2v) is 8.85. The quantitative estimate of drug-likeness (QED) is 0.391. The van der Waals surface area contributed by atoms with Crippen molar-refractivity contribution >= 4 is 32.6 Å². The van der Waals surface area contributed by atoms with Gasteiger partial charge in [0.05, 0.1) is 31.0 Å². The summed E-state index contributed by atoms with van der Waals surface area (Å²) in [6.07, 6.45) is 2.72. The van der Waals surface area contributed by atoms with Crippen LogP contribution in [-0.2, 0) is 15.0 Å². The normalized spacial score (nSPS) is 10.8. The third-order valence-electron chi connectivity index (χ3n) is 5.07. The van der Waals surface area contributed by atoms with E-state index in [1.54, 1.807) is 42.5 Å². The summed E-state index contributed by atoms with van der Waals surface area (Å²) in [6.45, 7) is 0. The van der Waals surface area contributed by atoms with Crippen molar-refractivity contribution in [2.75, 3.05) is 18.9 Å². The van der Waals surface area contributed by atoms with Gasteiger partial charge in [-0.25, -0.2) is 23.1 Å². The minimum atomic E-state index is -4.06. The zero-order valence-electron chi connectivity index (χ0n) is 19.0. The molecule has 0 amide bonds. The van der Waals surface area contributed by atoms with Gasteiger partial charge in [0.1, 0.15) is 16.4 Å². The number of benzene rings is 2. The highest BCUT2D eigenvalue weighted by Gasteiger charge is 2.21. The Morgan fingerprint density at radius 3 is 2.44 bits per heavy atom. The lowest BCUT2D eigenvalue weighted by atomic mass is 10.1. The molecular weight excluding hydrogens is 489 g/mol. The fraction of sp³-hybridized carbons (Fsp3) is 0.0800. The lowest BCUT2D eigenvalue weighted by Gasteiger charge is -2.13. The van der Waals surface area contributed by atoms with E-state index in [1.807, 2.05) is 0 Å². The fourth-order valence-corrected chi connectivity index (χ4v) is 4.62. The number of hydrogen-bond acceptors (Lipinski definition) is 8. The highest BCUT2D eigenvalue weighted by Crippen LogP contribution is 2.31. The van der Waals surface area contributed by atoms with Gasteiger partial charge in [-0.2, -0.15) is 0 Å². The molecule has 2 heterocycles. The molecule has 0 unspecified atom stereocenters. The Morgan fingerprint density at radius 2 is 1.69 bits per heavy atom. The largest absolute Gasteiger partial charge is 0.496 e. The second-order valence-electron chi connectivity index (χ2n) is 7.20. The van der Waals surface area contributed by atoms with E-state index in [2.05, 4.69) is 31.5 Å². The third kappa shape index (κ3) is 4.89. The predicted molar refractivity (Wildman–Crippen MR) is 129 cm³/mol. The maximum Gasteiger partial charge on any atom is 0.397 e. The summed E-state index contributed by atoms with van der Waals surface area (Å²) in [5.41, 5.74) is 0.843. The average molecular weight is 507 g/mol. The van der Waals surface area contributed by atoms with Crippen molar-refractivity contribution in [1.82, 2.24) is 9.97 Å². The molecule has 0 atom stereocenters. The van der Waals surface area contributed by atoms with Gasteiger partial charge >= 0.3 is 5.97 Å². The van der Waals surface area contributed by atoms with Crippen LogP contribution in [-0.4, -0.2) is 38.6 Å². The number of anilines is 1. The van der Waals surface area contributed by atoms with Gasteiger partial charge in [0.15, 0.2) is 5.69 Å².